The van der Waals surface area contributed by atoms with Crippen LogP contribution >= 0.6 is 0 Å². The minimum atomic E-state index is -0.127. The summed E-state index contributed by atoms with van der Waals surface area (Å²) in [5, 5.41) is 9.92. The van der Waals surface area contributed by atoms with Crippen molar-refractivity contribution in [3.63, 3.8) is 0 Å². The largest absolute Gasteiger partial charge is 0.393 e. The lowest BCUT2D eigenvalue weighted by Crippen LogP contribution is -2.27. The number of hydrogen-bond acceptors (Lipinski definition) is 1. The van der Waals surface area contributed by atoms with Gasteiger partial charge in [0.2, 0.25) is 0 Å². The van der Waals surface area contributed by atoms with E-state index in [1.54, 1.807) is 0 Å². The minimum Gasteiger partial charge on any atom is -0.393 e. The highest BCUT2D eigenvalue weighted by Gasteiger charge is 2.28. The first-order valence-electron chi connectivity index (χ1n) is 6.15. The molecule has 16 heavy (non-hydrogen) atoms. The van der Waals surface area contributed by atoms with E-state index in [1.165, 1.54) is 5.56 Å². The molecule has 0 saturated heterocycles. The van der Waals surface area contributed by atoms with Crippen molar-refractivity contribution in [1.82, 2.24) is 0 Å². The van der Waals surface area contributed by atoms with Gasteiger partial charge in [-0.2, -0.15) is 0 Å². The van der Waals surface area contributed by atoms with Crippen LogP contribution in [0.3, 0.4) is 0 Å². The first-order chi connectivity index (χ1) is 7.81. The topological polar surface area (TPSA) is 20.2 Å². The van der Waals surface area contributed by atoms with Gasteiger partial charge >= 0.3 is 0 Å². The number of aliphatic hydroxyl groups excluding tert-OH is 1. The summed E-state index contributed by atoms with van der Waals surface area (Å²) < 4.78 is 0. The summed E-state index contributed by atoms with van der Waals surface area (Å²) in [6.45, 7) is 3.78. The predicted molar refractivity (Wildman–Crippen MR) is 67.3 cm³/mol. The first kappa shape index (κ1) is 11.4. The summed E-state index contributed by atoms with van der Waals surface area (Å²) in [4.78, 5) is 0. The highest BCUT2D eigenvalue weighted by Crippen LogP contribution is 2.37. The zero-order chi connectivity index (χ0) is 11.4. The highest BCUT2D eigenvalue weighted by atomic mass is 16.3. The summed E-state index contributed by atoms with van der Waals surface area (Å²) in [7, 11) is 0. The minimum absolute atomic E-state index is 0.127. The van der Waals surface area contributed by atoms with Crippen molar-refractivity contribution in [2.24, 2.45) is 5.92 Å². The number of hydrogen-bond donors (Lipinski definition) is 1. The van der Waals surface area contributed by atoms with Gasteiger partial charge in [-0.15, -0.1) is 6.58 Å². The second kappa shape index (κ2) is 5.31. The van der Waals surface area contributed by atoms with Crippen molar-refractivity contribution >= 4 is 0 Å². The van der Waals surface area contributed by atoms with Crippen molar-refractivity contribution in [2.45, 2.75) is 37.7 Å². The molecule has 1 nitrogen and oxygen atoms in total. The third-order valence-electron chi connectivity index (χ3n) is 3.68. The molecule has 0 aromatic heterocycles. The molecule has 2 rings (SSSR count). The molecule has 0 heterocycles. The normalized spacial score (nSPS) is 29.9. The Morgan fingerprint density at radius 3 is 2.69 bits per heavy atom. The van der Waals surface area contributed by atoms with E-state index in [0.29, 0.717) is 11.8 Å². The number of aliphatic hydroxyl groups is 1. The van der Waals surface area contributed by atoms with Crippen molar-refractivity contribution in [3.8, 4) is 0 Å². The van der Waals surface area contributed by atoms with Gasteiger partial charge < -0.3 is 5.11 Å². The molecule has 86 valence electrons. The van der Waals surface area contributed by atoms with E-state index < -0.39 is 0 Å². The fourth-order valence-corrected chi connectivity index (χ4v) is 2.74. The van der Waals surface area contributed by atoms with E-state index in [2.05, 4.69) is 36.9 Å². The smallest absolute Gasteiger partial charge is 0.0571 e. The Morgan fingerprint density at radius 2 is 2.00 bits per heavy atom. The third kappa shape index (κ3) is 2.53. The maximum Gasteiger partial charge on any atom is 0.0571 e. The van der Waals surface area contributed by atoms with Gasteiger partial charge in [-0.05, 0) is 43.1 Å². The Morgan fingerprint density at radius 1 is 1.25 bits per heavy atom. The zero-order valence-corrected chi connectivity index (χ0v) is 9.68. The van der Waals surface area contributed by atoms with E-state index in [-0.39, 0.29) is 6.10 Å². The van der Waals surface area contributed by atoms with Crippen LogP contribution in [0, 0.1) is 5.92 Å². The van der Waals surface area contributed by atoms with Gasteiger partial charge in [0.1, 0.15) is 0 Å². The molecule has 3 unspecified atom stereocenters. The van der Waals surface area contributed by atoms with Crippen molar-refractivity contribution in [1.29, 1.82) is 0 Å². The average molecular weight is 216 g/mol. The third-order valence-corrected chi connectivity index (χ3v) is 3.68. The summed E-state index contributed by atoms with van der Waals surface area (Å²) in [5.41, 5.74) is 1.42. The lowest BCUT2D eigenvalue weighted by atomic mass is 9.75. The molecule has 1 heteroatoms. The van der Waals surface area contributed by atoms with Crippen LogP contribution in [0.2, 0.25) is 0 Å². The maximum absolute atomic E-state index is 9.92. The Kier molecular flexibility index (Phi) is 3.79. The second-order valence-electron chi connectivity index (χ2n) is 4.77. The van der Waals surface area contributed by atoms with Gasteiger partial charge in [0, 0.05) is 0 Å². The number of rotatable bonds is 3. The summed E-state index contributed by atoms with van der Waals surface area (Å²) in [5.74, 6) is 1.02. The Balaban J connectivity index is 2.05. The Labute approximate surface area is 97.8 Å². The number of benzene rings is 1. The van der Waals surface area contributed by atoms with Gasteiger partial charge in [0.25, 0.3) is 0 Å². The molecular formula is C15H20O. The van der Waals surface area contributed by atoms with Crippen LogP contribution in [0.1, 0.15) is 37.2 Å². The fraction of sp³-hybridized carbons (Fsp3) is 0.467. The van der Waals surface area contributed by atoms with E-state index >= 15 is 0 Å². The van der Waals surface area contributed by atoms with Crippen LogP contribution in [0.5, 0.6) is 0 Å². The van der Waals surface area contributed by atoms with Gasteiger partial charge in [-0.1, -0.05) is 36.4 Å². The monoisotopic (exact) mass is 216 g/mol. The molecule has 1 N–H and O–H groups in total. The quantitative estimate of drug-likeness (QED) is 0.767. The van der Waals surface area contributed by atoms with E-state index in [0.717, 1.165) is 25.7 Å². The molecule has 1 aliphatic carbocycles. The molecule has 0 radical (unpaired) electrons. The zero-order valence-electron chi connectivity index (χ0n) is 9.68. The molecule has 0 bridgehead atoms. The van der Waals surface area contributed by atoms with Crippen LogP contribution in [0.4, 0.5) is 0 Å². The maximum atomic E-state index is 9.92. The molecule has 0 aliphatic heterocycles. The molecule has 1 saturated carbocycles. The van der Waals surface area contributed by atoms with Gasteiger partial charge in [0.05, 0.1) is 6.10 Å². The van der Waals surface area contributed by atoms with Crippen LogP contribution in [0.25, 0.3) is 0 Å². The average Bonchev–Trinajstić information content (AvgIpc) is 2.33. The van der Waals surface area contributed by atoms with Gasteiger partial charge in [-0.25, -0.2) is 0 Å². The molecule has 0 spiro atoms. The van der Waals surface area contributed by atoms with E-state index in [9.17, 15) is 5.11 Å². The van der Waals surface area contributed by atoms with E-state index in [1.807, 2.05) is 6.08 Å². The van der Waals surface area contributed by atoms with Crippen LogP contribution in [-0.2, 0) is 0 Å². The number of allylic oxidation sites excluding steroid dienone is 1. The lowest BCUT2D eigenvalue weighted by Gasteiger charge is -2.33. The molecular weight excluding hydrogens is 196 g/mol. The second-order valence-corrected chi connectivity index (χ2v) is 4.77. The molecule has 1 aromatic rings. The predicted octanol–water partition coefficient (Wildman–Crippen LogP) is 3.51. The van der Waals surface area contributed by atoms with Crippen LogP contribution < -0.4 is 0 Å². The molecule has 1 aromatic carbocycles. The van der Waals surface area contributed by atoms with E-state index in [4.69, 9.17) is 0 Å². The Bertz CT molecular complexity index is 331. The SMILES string of the molecule is C=CCC1CC(c2ccccc2)CCC1O. The van der Waals surface area contributed by atoms with Gasteiger partial charge in [0.15, 0.2) is 0 Å². The summed E-state index contributed by atoms with van der Waals surface area (Å²) >= 11 is 0. The van der Waals surface area contributed by atoms with Gasteiger partial charge in [-0.3, -0.25) is 0 Å². The van der Waals surface area contributed by atoms with Crippen molar-refractivity contribution in [2.75, 3.05) is 0 Å². The van der Waals surface area contributed by atoms with Crippen molar-refractivity contribution < 1.29 is 5.11 Å². The van der Waals surface area contributed by atoms with Crippen LogP contribution in [-0.4, -0.2) is 11.2 Å². The lowest BCUT2D eigenvalue weighted by molar-refractivity contribution is 0.0633. The Hall–Kier alpha value is -1.08. The molecule has 1 fully saturated rings. The molecule has 0 amide bonds. The highest BCUT2D eigenvalue weighted by molar-refractivity contribution is 5.20. The van der Waals surface area contributed by atoms with Crippen LogP contribution in [0.15, 0.2) is 43.0 Å². The molecule has 3 atom stereocenters. The molecule has 1 aliphatic rings. The summed E-state index contributed by atoms with van der Waals surface area (Å²) in [6, 6.07) is 10.7. The fourth-order valence-electron chi connectivity index (χ4n) is 2.74. The standard InChI is InChI=1S/C15H20O/c1-2-6-14-11-13(9-10-15(14)16)12-7-4-3-5-8-12/h2-5,7-8,13-16H,1,6,9-11H2. The van der Waals surface area contributed by atoms with Crippen molar-refractivity contribution in [3.05, 3.63) is 48.6 Å². The summed E-state index contributed by atoms with van der Waals surface area (Å²) in [6.07, 6.45) is 5.87. The first-order valence-corrected chi connectivity index (χ1v) is 6.15.